The number of ether oxygens (including phenoxy) is 1. The SMILES string of the molecule is CC(C)(C)OC(=O)NC1(c2cc(N)no2)CCCC1. The largest absolute Gasteiger partial charge is 0.444 e. The number of alkyl carbamates (subject to hydrolysis) is 1. The van der Waals surface area contributed by atoms with Gasteiger partial charge in [-0.2, -0.15) is 0 Å². The first kappa shape index (κ1) is 13.7. The number of carbonyl (C=O) groups excluding carboxylic acids is 1. The maximum absolute atomic E-state index is 12.0. The van der Waals surface area contributed by atoms with Crippen molar-refractivity contribution in [2.75, 3.05) is 5.73 Å². The second-order valence-corrected chi connectivity index (χ2v) is 6.03. The Labute approximate surface area is 112 Å². The number of aromatic nitrogens is 1. The summed E-state index contributed by atoms with van der Waals surface area (Å²) in [5, 5.41) is 6.63. The number of nitrogens with zero attached hydrogens (tertiary/aromatic N) is 1. The number of anilines is 1. The number of nitrogens with two attached hydrogens (primary N) is 1. The number of nitrogens with one attached hydrogen (secondary N) is 1. The summed E-state index contributed by atoms with van der Waals surface area (Å²) in [6.07, 6.45) is 3.22. The molecule has 6 heteroatoms. The molecule has 0 aliphatic heterocycles. The Morgan fingerprint density at radius 1 is 1.47 bits per heavy atom. The zero-order chi connectivity index (χ0) is 14.1. The van der Waals surface area contributed by atoms with E-state index in [-0.39, 0.29) is 0 Å². The summed E-state index contributed by atoms with van der Waals surface area (Å²) < 4.78 is 10.5. The first-order valence-electron chi connectivity index (χ1n) is 6.55. The Balaban J connectivity index is 2.15. The van der Waals surface area contributed by atoms with Crippen LogP contribution in [0.15, 0.2) is 10.6 Å². The Morgan fingerprint density at radius 2 is 2.11 bits per heavy atom. The average molecular weight is 267 g/mol. The van der Waals surface area contributed by atoms with Gasteiger partial charge in [0, 0.05) is 6.07 Å². The van der Waals surface area contributed by atoms with Crippen molar-refractivity contribution in [3.8, 4) is 0 Å². The smallest absolute Gasteiger partial charge is 0.408 e. The van der Waals surface area contributed by atoms with Crippen LogP contribution in [0.25, 0.3) is 0 Å². The van der Waals surface area contributed by atoms with Crippen molar-refractivity contribution in [1.29, 1.82) is 0 Å². The van der Waals surface area contributed by atoms with Crippen LogP contribution in [-0.2, 0) is 10.3 Å². The van der Waals surface area contributed by atoms with Gasteiger partial charge in [0.05, 0.1) is 0 Å². The Morgan fingerprint density at radius 3 is 2.58 bits per heavy atom. The molecule has 1 aliphatic rings. The predicted molar refractivity (Wildman–Crippen MR) is 70.4 cm³/mol. The maximum Gasteiger partial charge on any atom is 0.408 e. The van der Waals surface area contributed by atoms with Crippen molar-refractivity contribution in [3.63, 3.8) is 0 Å². The van der Waals surface area contributed by atoms with Gasteiger partial charge in [0.25, 0.3) is 0 Å². The van der Waals surface area contributed by atoms with Crippen LogP contribution in [0.3, 0.4) is 0 Å². The molecule has 1 amide bonds. The van der Waals surface area contributed by atoms with Gasteiger partial charge in [0.15, 0.2) is 11.6 Å². The molecule has 0 unspecified atom stereocenters. The molecule has 1 fully saturated rings. The topological polar surface area (TPSA) is 90.4 Å². The van der Waals surface area contributed by atoms with Crippen LogP contribution >= 0.6 is 0 Å². The van der Waals surface area contributed by atoms with Gasteiger partial charge in [-0.1, -0.05) is 18.0 Å². The first-order chi connectivity index (χ1) is 8.81. The summed E-state index contributed by atoms with van der Waals surface area (Å²) in [5.74, 6) is 0.931. The lowest BCUT2D eigenvalue weighted by atomic mass is 9.94. The van der Waals surface area contributed by atoms with Crippen molar-refractivity contribution in [1.82, 2.24) is 10.5 Å². The molecule has 1 aromatic heterocycles. The van der Waals surface area contributed by atoms with Crippen molar-refractivity contribution < 1.29 is 14.1 Å². The summed E-state index contributed by atoms with van der Waals surface area (Å²) in [6.45, 7) is 5.50. The Hall–Kier alpha value is -1.72. The molecule has 0 saturated heterocycles. The molecule has 2 rings (SSSR count). The molecule has 6 nitrogen and oxygen atoms in total. The minimum Gasteiger partial charge on any atom is -0.444 e. The third-order valence-electron chi connectivity index (χ3n) is 3.20. The molecule has 1 saturated carbocycles. The summed E-state index contributed by atoms with van der Waals surface area (Å²) in [7, 11) is 0. The van der Waals surface area contributed by atoms with Gasteiger partial charge in [0.1, 0.15) is 11.1 Å². The minimum absolute atomic E-state index is 0.326. The van der Waals surface area contributed by atoms with E-state index in [1.54, 1.807) is 6.07 Å². The lowest BCUT2D eigenvalue weighted by Crippen LogP contribution is -2.45. The van der Waals surface area contributed by atoms with Gasteiger partial charge < -0.3 is 20.3 Å². The normalized spacial score (nSPS) is 18.3. The minimum atomic E-state index is -0.535. The van der Waals surface area contributed by atoms with Gasteiger partial charge in [-0.15, -0.1) is 0 Å². The Kier molecular flexibility index (Phi) is 3.43. The summed E-state index contributed by atoms with van der Waals surface area (Å²) >= 11 is 0. The van der Waals surface area contributed by atoms with Crippen molar-refractivity contribution in [2.45, 2.75) is 57.6 Å². The van der Waals surface area contributed by atoms with Crippen LogP contribution in [0.1, 0.15) is 52.2 Å². The van der Waals surface area contributed by atoms with E-state index < -0.39 is 17.2 Å². The van der Waals surface area contributed by atoms with Crippen molar-refractivity contribution in [2.24, 2.45) is 0 Å². The molecule has 0 radical (unpaired) electrons. The molecular formula is C13H21N3O3. The highest BCUT2D eigenvalue weighted by Crippen LogP contribution is 2.39. The van der Waals surface area contributed by atoms with Crippen LogP contribution in [0.5, 0.6) is 0 Å². The van der Waals surface area contributed by atoms with Crippen LogP contribution in [0.4, 0.5) is 10.6 Å². The van der Waals surface area contributed by atoms with Crippen molar-refractivity contribution in [3.05, 3.63) is 11.8 Å². The number of hydrogen-bond acceptors (Lipinski definition) is 5. The zero-order valence-electron chi connectivity index (χ0n) is 11.7. The number of hydrogen-bond donors (Lipinski definition) is 2. The van der Waals surface area contributed by atoms with Crippen LogP contribution in [0.2, 0.25) is 0 Å². The number of rotatable bonds is 2. The third-order valence-corrected chi connectivity index (χ3v) is 3.20. The second kappa shape index (κ2) is 4.75. The van der Waals surface area contributed by atoms with Crippen molar-refractivity contribution >= 4 is 11.9 Å². The van der Waals surface area contributed by atoms with Gasteiger partial charge in [-0.25, -0.2) is 4.79 Å². The summed E-state index contributed by atoms with van der Waals surface area (Å²) in [4.78, 5) is 12.0. The fourth-order valence-electron chi connectivity index (χ4n) is 2.42. The molecule has 19 heavy (non-hydrogen) atoms. The molecule has 0 bridgehead atoms. The van der Waals surface area contributed by atoms with E-state index in [4.69, 9.17) is 15.0 Å². The molecule has 106 valence electrons. The van der Waals surface area contributed by atoms with E-state index in [0.717, 1.165) is 25.7 Å². The van der Waals surface area contributed by atoms with E-state index in [9.17, 15) is 4.79 Å². The van der Waals surface area contributed by atoms with Gasteiger partial charge in [-0.05, 0) is 33.6 Å². The highest BCUT2D eigenvalue weighted by Gasteiger charge is 2.41. The average Bonchev–Trinajstić information content (AvgIpc) is 2.84. The predicted octanol–water partition coefficient (Wildman–Crippen LogP) is 2.55. The van der Waals surface area contributed by atoms with E-state index in [2.05, 4.69) is 10.5 Å². The quantitative estimate of drug-likeness (QED) is 0.859. The number of carbonyl (C=O) groups is 1. The van der Waals surface area contributed by atoms with E-state index >= 15 is 0 Å². The molecule has 3 N–H and O–H groups in total. The van der Waals surface area contributed by atoms with Crippen LogP contribution in [0, 0.1) is 0 Å². The standard InChI is InChI=1S/C13H21N3O3/c1-12(2,3)18-11(17)15-13(6-4-5-7-13)9-8-10(14)16-19-9/h8H,4-7H2,1-3H3,(H2,14,16)(H,15,17). The van der Waals surface area contributed by atoms with E-state index in [1.807, 2.05) is 20.8 Å². The monoisotopic (exact) mass is 267 g/mol. The fourth-order valence-corrected chi connectivity index (χ4v) is 2.42. The van der Waals surface area contributed by atoms with Gasteiger partial charge in [-0.3, -0.25) is 0 Å². The Bertz CT molecular complexity index is 456. The lowest BCUT2D eigenvalue weighted by molar-refractivity contribution is 0.0434. The van der Waals surface area contributed by atoms with Gasteiger partial charge in [0.2, 0.25) is 0 Å². The zero-order valence-corrected chi connectivity index (χ0v) is 11.7. The van der Waals surface area contributed by atoms with E-state index in [0.29, 0.717) is 11.6 Å². The second-order valence-electron chi connectivity index (χ2n) is 6.03. The fraction of sp³-hybridized carbons (Fsp3) is 0.692. The lowest BCUT2D eigenvalue weighted by Gasteiger charge is -2.29. The van der Waals surface area contributed by atoms with Crippen LogP contribution < -0.4 is 11.1 Å². The van der Waals surface area contributed by atoms with E-state index in [1.165, 1.54) is 0 Å². The number of nitrogen functional groups attached to an aromatic ring is 1. The molecular weight excluding hydrogens is 246 g/mol. The number of amides is 1. The molecule has 0 spiro atoms. The molecule has 1 aromatic rings. The molecule has 1 heterocycles. The maximum atomic E-state index is 12.0. The highest BCUT2D eigenvalue weighted by atomic mass is 16.6. The molecule has 1 aliphatic carbocycles. The summed E-state index contributed by atoms with van der Waals surface area (Å²) in [5.41, 5.74) is 4.53. The molecule has 0 aromatic carbocycles. The highest BCUT2D eigenvalue weighted by molar-refractivity contribution is 5.69. The first-order valence-corrected chi connectivity index (χ1v) is 6.55. The third kappa shape index (κ3) is 3.19. The molecule has 0 atom stereocenters. The van der Waals surface area contributed by atoms with Gasteiger partial charge >= 0.3 is 6.09 Å². The van der Waals surface area contributed by atoms with Crippen LogP contribution in [-0.4, -0.2) is 16.9 Å². The summed E-state index contributed by atoms with van der Waals surface area (Å²) in [6, 6.07) is 1.67.